The number of halogens is 2. The molecule has 0 radical (unpaired) electrons. The molecule has 162 valence electrons. The number of carbonyl (C=O) groups excluding carboxylic acids is 1. The number of hydrogen-bond donors (Lipinski definition) is 1. The summed E-state index contributed by atoms with van der Waals surface area (Å²) in [6.45, 7) is 1.29. The molecule has 1 N–H and O–H groups in total. The van der Waals surface area contributed by atoms with Crippen molar-refractivity contribution in [2.45, 2.75) is 23.5 Å². The molecule has 5 nitrogen and oxygen atoms in total. The Morgan fingerprint density at radius 2 is 1.77 bits per heavy atom. The van der Waals surface area contributed by atoms with Crippen molar-refractivity contribution in [3.05, 3.63) is 64.1 Å². The lowest BCUT2D eigenvalue weighted by molar-refractivity contribution is -0.125. The Morgan fingerprint density at radius 3 is 2.43 bits per heavy atom. The van der Waals surface area contributed by atoms with Crippen molar-refractivity contribution >= 4 is 50.9 Å². The molecule has 0 aliphatic carbocycles. The van der Waals surface area contributed by atoms with E-state index >= 15 is 0 Å². The maximum atomic E-state index is 12.7. The molecule has 2 aromatic rings. The maximum absolute atomic E-state index is 12.7. The third kappa shape index (κ3) is 6.62. The number of benzene rings is 2. The van der Waals surface area contributed by atoms with Crippen molar-refractivity contribution in [1.29, 1.82) is 0 Å². The second kappa shape index (κ2) is 10.9. The number of nitrogens with zero attached hydrogens (tertiary/aromatic N) is 1. The van der Waals surface area contributed by atoms with Crippen LogP contribution in [0.2, 0.25) is 10.0 Å². The molecule has 0 spiro atoms. The van der Waals surface area contributed by atoms with Gasteiger partial charge in [-0.15, -0.1) is 11.8 Å². The van der Waals surface area contributed by atoms with Gasteiger partial charge < -0.3 is 5.32 Å². The number of thioether (sulfide) groups is 1. The summed E-state index contributed by atoms with van der Waals surface area (Å²) in [6, 6.07) is 14.9. The minimum atomic E-state index is -3.47. The van der Waals surface area contributed by atoms with Crippen LogP contribution in [0.4, 0.5) is 0 Å². The van der Waals surface area contributed by atoms with Crippen molar-refractivity contribution in [1.82, 2.24) is 9.62 Å². The lowest BCUT2D eigenvalue weighted by atomic mass is 9.97. The third-order valence-corrected chi connectivity index (χ3v) is 8.57. The lowest BCUT2D eigenvalue weighted by Crippen LogP contribution is -2.43. The van der Waals surface area contributed by atoms with E-state index in [1.807, 2.05) is 30.3 Å². The molecule has 1 amide bonds. The minimum Gasteiger partial charge on any atom is -0.355 e. The van der Waals surface area contributed by atoms with Crippen LogP contribution in [0.5, 0.6) is 0 Å². The summed E-state index contributed by atoms with van der Waals surface area (Å²) < 4.78 is 26.9. The number of nitrogens with one attached hydrogen (secondary N) is 1. The van der Waals surface area contributed by atoms with Gasteiger partial charge in [-0.2, -0.15) is 0 Å². The summed E-state index contributed by atoms with van der Waals surface area (Å²) in [5, 5.41) is 3.71. The van der Waals surface area contributed by atoms with Gasteiger partial charge in [-0.1, -0.05) is 47.5 Å². The number of hydrogen-bond acceptors (Lipinski definition) is 4. The summed E-state index contributed by atoms with van der Waals surface area (Å²) in [5.74, 6) is 0.526. The zero-order valence-corrected chi connectivity index (χ0v) is 19.5. The van der Waals surface area contributed by atoms with Gasteiger partial charge in [0, 0.05) is 36.2 Å². The fourth-order valence-corrected chi connectivity index (χ4v) is 5.99. The summed E-state index contributed by atoms with van der Waals surface area (Å²) in [4.78, 5) is 13.6. The third-order valence-electron chi connectivity index (χ3n) is 4.96. The van der Waals surface area contributed by atoms with E-state index in [4.69, 9.17) is 23.2 Å². The van der Waals surface area contributed by atoms with E-state index in [2.05, 4.69) is 5.32 Å². The lowest BCUT2D eigenvalue weighted by Gasteiger charge is -2.30. The summed E-state index contributed by atoms with van der Waals surface area (Å²) in [7, 11) is -3.47. The predicted molar refractivity (Wildman–Crippen MR) is 124 cm³/mol. The first kappa shape index (κ1) is 23.4. The van der Waals surface area contributed by atoms with E-state index in [-0.39, 0.29) is 17.6 Å². The highest BCUT2D eigenvalue weighted by Gasteiger charge is 2.31. The van der Waals surface area contributed by atoms with Gasteiger partial charge in [0.2, 0.25) is 15.9 Å². The molecule has 0 bridgehead atoms. The van der Waals surface area contributed by atoms with Crippen molar-refractivity contribution in [3.8, 4) is 0 Å². The number of rotatable bonds is 8. The van der Waals surface area contributed by atoms with E-state index in [9.17, 15) is 13.2 Å². The average molecular weight is 487 g/mol. The first-order valence-corrected chi connectivity index (χ1v) is 13.1. The molecule has 1 saturated heterocycles. The second-order valence-electron chi connectivity index (χ2n) is 7.13. The minimum absolute atomic E-state index is 0.00481. The van der Waals surface area contributed by atoms with Gasteiger partial charge in [-0.25, -0.2) is 12.7 Å². The largest absolute Gasteiger partial charge is 0.355 e. The van der Waals surface area contributed by atoms with Gasteiger partial charge in [0.05, 0.1) is 15.8 Å². The van der Waals surface area contributed by atoms with Crippen molar-refractivity contribution < 1.29 is 13.2 Å². The molecule has 9 heteroatoms. The maximum Gasteiger partial charge on any atom is 0.223 e. The summed E-state index contributed by atoms with van der Waals surface area (Å²) >= 11 is 13.6. The molecule has 0 aromatic heterocycles. The van der Waals surface area contributed by atoms with Gasteiger partial charge in [-0.3, -0.25) is 4.79 Å². The van der Waals surface area contributed by atoms with E-state index in [1.165, 1.54) is 9.20 Å². The summed E-state index contributed by atoms with van der Waals surface area (Å²) in [5.41, 5.74) is 0.597. The molecule has 0 saturated carbocycles. The molecule has 1 fully saturated rings. The molecule has 3 rings (SSSR count). The average Bonchev–Trinajstić information content (AvgIpc) is 2.74. The van der Waals surface area contributed by atoms with Crippen LogP contribution in [-0.4, -0.2) is 44.0 Å². The Bertz CT molecular complexity index is 963. The molecular formula is C21H24Cl2N2O3S2. The zero-order valence-electron chi connectivity index (χ0n) is 16.4. The first-order chi connectivity index (χ1) is 14.3. The first-order valence-electron chi connectivity index (χ1n) is 9.72. The van der Waals surface area contributed by atoms with Crippen molar-refractivity contribution in [2.75, 3.05) is 25.4 Å². The van der Waals surface area contributed by atoms with Crippen LogP contribution in [0, 0.1) is 5.92 Å². The molecule has 1 heterocycles. The quantitative estimate of drug-likeness (QED) is 0.442. The monoisotopic (exact) mass is 486 g/mol. The zero-order chi connectivity index (χ0) is 21.6. The fraction of sp³-hybridized carbons (Fsp3) is 0.381. The van der Waals surface area contributed by atoms with Crippen LogP contribution in [0.15, 0.2) is 53.4 Å². The summed E-state index contributed by atoms with van der Waals surface area (Å²) in [6.07, 6.45) is 1.05. The highest BCUT2D eigenvalue weighted by molar-refractivity contribution is 7.99. The molecular weight excluding hydrogens is 463 g/mol. The second-order valence-corrected chi connectivity index (χ2v) is 11.1. The van der Waals surface area contributed by atoms with Crippen LogP contribution in [0.1, 0.15) is 18.4 Å². The molecule has 2 aromatic carbocycles. The Morgan fingerprint density at radius 1 is 1.07 bits per heavy atom. The van der Waals surface area contributed by atoms with Crippen LogP contribution in [0.25, 0.3) is 0 Å². The highest BCUT2D eigenvalue weighted by Crippen LogP contribution is 2.26. The number of sulfonamides is 1. The van der Waals surface area contributed by atoms with E-state index in [0.29, 0.717) is 48.1 Å². The fourth-order valence-electron chi connectivity index (χ4n) is 3.33. The predicted octanol–water partition coefficient (Wildman–Crippen LogP) is 4.44. The van der Waals surface area contributed by atoms with Gasteiger partial charge in [-0.05, 0) is 42.7 Å². The SMILES string of the molecule is O=C(NCCSc1ccccc1)C1CCN(S(=O)(=O)Cc2ccc(Cl)c(Cl)c2)CC1. The normalized spacial score (nSPS) is 15.8. The molecule has 1 aliphatic heterocycles. The van der Waals surface area contributed by atoms with Crippen molar-refractivity contribution in [2.24, 2.45) is 5.92 Å². The molecule has 0 atom stereocenters. The Balaban J connectivity index is 1.42. The number of amides is 1. The van der Waals surface area contributed by atoms with Crippen LogP contribution >= 0.6 is 35.0 Å². The highest BCUT2D eigenvalue weighted by atomic mass is 35.5. The van der Waals surface area contributed by atoms with Crippen LogP contribution in [-0.2, 0) is 20.6 Å². The van der Waals surface area contributed by atoms with Gasteiger partial charge in [0.1, 0.15) is 0 Å². The molecule has 0 unspecified atom stereocenters. The van der Waals surface area contributed by atoms with Crippen molar-refractivity contribution in [3.63, 3.8) is 0 Å². The van der Waals surface area contributed by atoms with Gasteiger partial charge in [0.25, 0.3) is 0 Å². The van der Waals surface area contributed by atoms with Gasteiger partial charge >= 0.3 is 0 Å². The van der Waals surface area contributed by atoms with Crippen LogP contribution < -0.4 is 5.32 Å². The van der Waals surface area contributed by atoms with E-state index < -0.39 is 10.0 Å². The number of carbonyl (C=O) groups is 1. The Labute approximate surface area is 192 Å². The smallest absolute Gasteiger partial charge is 0.223 e. The van der Waals surface area contributed by atoms with Gasteiger partial charge in [0.15, 0.2) is 0 Å². The topological polar surface area (TPSA) is 66.5 Å². The van der Waals surface area contributed by atoms with E-state index in [0.717, 1.165) is 5.75 Å². The Kier molecular flexibility index (Phi) is 8.48. The van der Waals surface area contributed by atoms with Crippen LogP contribution in [0.3, 0.4) is 0 Å². The number of piperidine rings is 1. The standard InChI is InChI=1S/C21H24Cl2N2O3S2/c22-19-7-6-16(14-20(19)23)15-30(27,28)25-11-8-17(9-12-25)21(26)24-10-13-29-18-4-2-1-3-5-18/h1-7,14,17H,8-13,15H2,(H,24,26). The Hall–Kier alpha value is -1.25. The van der Waals surface area contributed by atoms with E-state index in [1.54, 1.807) is 30.0 Å². The molecule has 30 heavy (non-hydrogen) atoms. The molecule has 1 aliphatic rings.